The molecule has 0 saturated heterocycles. The third-order valence-corrected chi connectivity index (χ3v) is 5.97. The van der Waals surface area contributed by atoms with Crippen molar-refractivity contribution in [3.8, 4) is 16.9 Å². The molecule has 3 aromatic carbocycles. The summed E-state index contributed by atoms with van der Waals surface area (Å²) in [7, 11) is 0. The van der Waals surface area contributed by atoms with E-state index in [2.05, 4.69) is 17.1 Å². The third-order valence-electron chi connectivity index (χ3n) is 5.74. The predicted molar refractivity (Wildman–Crippen MR) is 122 cm³/mol. The van der Waals surface area contributed by atoms with Gasteiger partial charge in [0.05, 0.1) is 28.2 Å². The van der Waals surface area contributed by atoms with Gasteiger partial charge in [-0.15, -0.1) is 0 Å². The summed E-state index contributed by atoms with van der Waals surface area (Å²) in [6.45, 7) is 0. The molecule has 0 unspecified atom stereocenters. The Kier molecular flexibility index (Phi) is 4.01. The van der Waals surface area contributed by atoms with Crippen molar-refractivity contribution in [3.63, 3.8) is 0 Å². The third kappa shape index (κ3) is 2.80. The van der Waals surface area contributed by atoms with Crippen molar-refractivity contribution in [1.29, 1.82) is 0 Å². The SMILES string of the molecule is O=C1c2ccccc2-c2c1c(Cc1ccccc1)nn2-c1ccnc2cc(Cl)ccc12. The van der Waals surface area contributed by atoms with Gasteiger partial charge < -0.3 is 0 Å². The Bertz CT molecular complexity index is 1490. The summed E-state index contributed by atoms with van der Waals surface area (Å²) in [6.07, 6.45) is 2.34. The second-order valence-electron chi connectivity index (χ2n) is 7.61. The van der Waals surface area contributed by atoms with Crippen molar-refractivity contribution in [2.24, 2.45) is 0 Å². The van der Waals surface area contributed by atoms with Crippen LogP contribution in [0.3, 0.4) is 0 Å². The molecule has 31 heavy (non-hydrogen) atoms. The number of halogens is 1. The van der Waals surface area contributed by atoms with E-state index in [9.17, 15) is 4.79 Å². The van der Waals surface area contributed by atoms with E-state index in [4.69, 9.17) is 16.7 Å². The maximum atomic E-state index is 13.4. The van der Waals surface area contributed by atoms with Crippen LogP contribution in [0.1, 0.15) is 27.2 Å². The minimum absolute atomic E-state index is 0.0317. The number of pyridine rings is 1. The Morgan fingerprint density at radius 1 is 0.871 bits per heavy atom. The van der Waals surface area contributed by atoms with Gasteiger partial charge in [0.1, 0.15) is 0 Å². The molecule has 2 heterocycles. The zero-order chi connectivity index (χ0) is 20.9. The van der Waals surface area contributed by atoms with E-state index >= 15 is 0 Å². The average Bonchev–Trinajstić information content (AvgIpc) is 3.31. The summed E-state index contributed by atoms with van der Waals surface area (Å²) in [5.74, 6) is 0.0317. The molecule has 0 amide bonds. The van der Waals surface area contributed by atoms with Gasteiger partial charge in [-0.2, -0.15) is 5.10 Å². The first-order valence-electron chi connectivity index (χ1n) is 10.1. The number of fused-ring (bicyclic) bond motifs is 4. The molecule has 4 nitrogen and oxygen atoms in total. The summed E-state index contributed by atoms with van der Waals surface area (Å²) in [5, 5.41) is 6.52. The van der Waals surface area contributed by atoms with Crippen LogP contribution in [0.5, 0.6) is 0 Å². The maximum absolute atomic E-state index is 13.4. The normalized spacial score (nSPS) is 12.2. The van der Waals surface area contributed by atoms with Crippen LogP contribution < -0.4 is 0 Å². The second kappa shape index (κ2) is 6.89. The number of carbonyl (C=O) groups is 1. The Labute approximate surface area is 183 Å². The van der Waals surface area contributed by atoms with Crippen molar-refractivity contribution >= 4 is 28.3 Å². The Morgan fingerprint density at radius 3 is 2.48 bits per heavy atom. The standard InChI is InChI=1S/C26H16ClN3O/c27-17-10-11-20-21(15-17)28-13-12-23(20)30-25-18-8-4-5-9-19(18)26(31)24(25)22(29-30)14-16-6-2-1-3-7-16/h1-13,15H,14H2. The number of hydrogen-bond acceptors (Lipinski definition) is 3. The highest BCUT2D eigenvalue weighted by atomic mass is 35.5. The number of carbonyl (C=O) groups excluding carboxylic acids is 1. The van der Waals surface area contributed by atoms with Crippen LogP contribution in [0.25, 0.3) is 27.8 Å². The first-order chi connectivity index (χ1) is 15.2. The van der Waals surface area contributed by atoms with Crippen LogP contribution in [-0.4, -0.2) is 20.5 Å². The van der Waals surface area contributed by atoms with E-state index in [1.165, 1.54) is 0 Å². The molecule has 0 fully saturated rings. The fourth-order valence-corrected chi connectivity index (χ4v) is 4.52. The van der Waals surface area contributed by atoms with Crippen LogP contribution in [0.15, 0.2) is 85.1 Å². The highest BCUT2D eigenvalue weighted by Crippen LogP contribution is 2.41. The lowest BCUT2D eigenvalue weighted by molar-refractivity contribution is 0.104. The number of ketones is 1. The Balaban J connectivity index is 1.64. The minimum atomic E-state index is 0.0317. The summed E-state index contributed by atoms with van der Waals surface area (Å²) in [4.78, 5) is 17.8. The molecule has 0 bridgehead atoms. The van der Waals surface area contributed by atoms with E-state index in [1.54, 1.807) is 6.20 Å². The summed E-state index contributed by atoms with van der Waals surface area (Å²) in [6, 6.07) is 25.4. The van der Waals surface area contributed by atoms with Gasteiger partial charge in [0.2, 0.25) is 0 Å². The molecule has 148 valence electrons. The van der Waals surface area contributed by atoms with E-state index in [0.717, 1.165) is 44.7 Å². The van der Waals surface area contributed by atoms with E-state index in [0.29, 0.717) is 17.0 Å². The fraction of sp³-hybridized carbons (Fsp3) is 0.0385. The molecular formula is C26H16ClN3O. The average molecular weight is 422 g/mol. The van der Waals surface area contributed by atoms with Gasteiger partial charge in [0.25, 0.3) is 0 Å². The smallest absolute Gasteiger partial charge is 0.197 e. The molecule has 1 aliphatic rings. The van der Waals surface area contributed by atoms with Gasteiger partial charge in [-0.1, -0.05) is 66.2 Å². The lowest BCUT2D eigenvalue weighted by atomic mass is 10.0. The van der Waals surface area contributed by atoms with Crippen LogP contribution in [0, 0.1) is 0 Å². The van der Waals surface area contributed by atoms with Crippen LogP contribution in [-0.2, 0) is 6.42 Å². The number of hydrogen-bond donors (Lipinski definition) is 0. The van der Waals surface area contributed by atoms with Crippen molar-refractivity contribution in [2.45, 2.75) is 6.42 Å². The molecular weight excluding hydrogens is 406 g/mol. The number of aromatic nitrogens is 3. The zero-order valence-electron chi connectivity index (χ0n) is 16.4. The van der Waals surface area contributed by atoms with Gasteiger partial charge in [0.15, 0.2) is 5.78 Å². The number of nitrogens with zero attached hydrogens (tertiary/aromatic N) is 3. The molecule has 0 atom stereocenters. The molecule has 0 radical (unpaired) electrons. The van der Waals surface area contributed by atoms with E-state index < -0.39 is 0 Å². The fourth-order valence-electron chi connectivity index (χ4n) is 4.35. The topological polar surface area (TPSA) is 47.8 Å². The highest BCUT2D eigenvalue weighted by molar-refractivity contribution is 6.31. The molecule has 0 spiro atoms. The first kappa shape index (κ1) is 18.0. The molecule has 0 aliphatic heterocycles. The zero-order valence-corrected chi connectivity index (χ0v) is 17.2. The van der Waals surface area contributed by atoms with Crippen molar-refractivity contribution in [2.75, 3.05) is 0 Å². The molecule has 0 saturated carbocycles. The lowest BCUT2D eigenvalue weighted by Gasteiger charge is -2.10. The minimum Gasteiger partial charge on any atom is -0.288 e. The monoisotopic (exact) mass is 421 g/mol. The molecule has 5 aromatic rings. The van der Waals surface area contributed by atoms with Gasteiger partial charge in [-0.05, 0) is 29.8 Å². The van der Waals surface area contributed by atoms with Crippen molar-refractivity contribution < 1.29 is 4.79 Å². The lowest BCUT2D eigenvalue weighted by Crippen LogP contribution is -2.03. The van der Waals surface area contributed by atoms with Gasteiger partial charge in [-0.3, -0.25) is 9.78 Å². The molecule has 0 N–H and O–H groups in total. The highest BCUT2D eigenvalue weighted by Gasteiger charge is 2.35. The summed E-state index contributed by atoms with van der Waals surface area (Å²) in [5.41, 5.74) is 6.72. The largest absolute Gasteiger partial charge is 0.288 e. The first-order valence-corrected chi connectivity index (χ1v) is 10.4. The molecule has 2 aromatic heterocycles. The van der Waals surface area contributed by atoms with E-state index in [-0.39, 0.29) is 5.78 Å². The van der Waals surface area contributed by atoms with Crippen LogP contribution >= 0.6 is 11.6 Å². The Hall–Kier alpha value is -3.76. The van der Waals surface area contributed by atoms with E-state index in [1.807, 2.05) is 71.4 Å². The van der Waals surface area contributed by atoms with Gasteiger partial charge in [0, 0.05) is 34.2 Å². The van der Waals surface area contributed by atoms with Crippen molar-refractivity contribution in [1.82, 2.24) is 14.8 Å². The van der Waals surface area contributed by atoms with Crippen molar-refractivity contribution in [3.05, 3.63) is 112 Å². The summed E-state index contributed by atoms with van der Waals surface area (Å²) < 4.78 is 1.90. The van der Waals surface area contributed by atoms with Crippen LogP contribution in [0.4, 0.5) is 0 Å². The predicted octanol–water partition coefficient (Wildman–Crippen LogP) is 5.88. The van der Waals surface area contributed by atoms with Gasteiger partial charge in [-0.25, -0.2) is 4.68 Å². The molecule has 5 heteroatoms. The maximum Gasteiger partial charge on any atom is 0.197 e. The molecule has 6 rings (SSSR count). The summed E-state index contributed by atoms with van der Waals surface area (Å²) >= 11 is 6.18. The molecule has 1 aliphatic carbocycles. The number of rotatable bonds is 3. The Morgan fingerprint density at radius 2 is 1.65 bits per heavy atom. The second-order valence-corrected chi connectivity index (χ2v) is 8.05. The van der Waals surface area contributed by atoms with Crippen LogP contribution in [0.2, 0.25) is 5.02 Å². The quantitative estimate of drug-likeness (QED) is 0.358. The van der Waals surface area contributed by atoms with Gasteiger partial charge >= 0.3 is 0 Å². The number of benzene rings is 3.